The molecule has 1 atom stereocenters. The molecule has 0 N–H and O–H groups in total. The normalized spacial score (nSPS) is 16.8. The molecule has 0 aromatic heterocycles. The summed E-state index contributed by atoms with van der Waals surface area (Å²) < 4.78 is 28.2. The Hall–Kier alpha value is -1.70. The minimum atomic E-state index is -3.61. The molecule has 0 saturated heterocycles. The van der Waals surface area contributed by atoms with Crippen LogP contribution in [0.4, 0.5) is 5.69 Å². The summed E-state index contributed by atoms with van der Waals surface area (Å²) in [5.41, 5.74) is 2.61. The maximum absolute atomic E-state index is 12.9. The largest absolute Gasteiger partial charge is 0.309 e. The van der Waals surface area contributed by atoms with Gasteiger partial charge in [0, 0.05) is 36.7 Å². The van der Waals surface area contributed by atoms with Gasteiger partial charge in [0.15, 0.2) is 0 Å². The van der Waals surface area contributed by atoms with Gasteiger partial charge in [0.25, 0.3) is 0 Å². The first-order chi connectivity index (χ1) is 12.2. The van der Waals surface area contributed by atoms with E-state index in [9.17, 15) is 13.2 Å². The van der Waals surface area contributed by atoms with Crippen molar-refractivity contribution in [3.63, 3.8) is 0 Å². The van der Waals surface area contributed by atoms with Crippen molar-refractivity contribution < 1.29 is 13.2 Å². The second-order valence-electron chi connectivity index (χ2n) is 6.62. The number of sulfonamides is 1. The van der Waals surface area contributed by atoms with Gasteiger partial charge in [-0.05, 0) is 54.8 Å². The van der Waals surface area contributed by atoms with Gasteiger partial charge in [-0.2, -0.15) is 4.31 Å². The Kier molecular flexibility index (Phi) is 5.23. The van der Waals surface area contributed by atoms with Crippen LogP contribution in [0.5, 0.6) is 0 Å². The van der Waals surface area contributed by atoms with Crippen molar-refractivity contribution in [2.24, 2.45) is 0 Å². The molecule has 1 aliphatic rings. The number of fused-ring (bicyclic) bond motifs is 1. The molecule has 0 bridgehead atoms. The Labute approximate surface area is 162 Å². The molecule has 0 saturated carbocycles. The van der Waals surface area contributed by atoms with Crippen LogP contribution in [0.2, 0.25) is 0 Å². The lowest BCUT2D eigenvalue weighted by molar-refractivity contribution is -0.116. The fourth-order valence-corrected chi connectivity index (χ4v) is 4.83. The van der Waals surface area contributed by atoms with E-state index in [1.54, 1.807) is 30.1 Å². The van der Waals surface area contributed by atoms with Crippen LogP contribution in [0.3, 0.4) is 0 Å². The van der Waals surface area contributed by atoms with Gasteiger partial charge < -0.3 is 4.90 Å². The van der Waals surface area contributed by atoms with Gasteiger partial charge >= 0.3 is 0 Å². The molecular formula is C19H21BrN2O3S. The highest BCUT2D eigenvalue weighted by atomic mass is 79.9. The van der Waals surface area contributed by atoms with Crippen molar-refractivity contribution in [3.8, 4) is 0 Å². The molecule has 0 aliphatic carbocycles. The van der Waals surface area contributed by atoms with Gasteiger partial charge in [-0.1, -0.05) is 28.1 Å². The summed E-state index contributed by atoms with van der Waals surface area (Å²) in [4.78, 5) is 13.8. The second-order valence-corrected chi connectivity index (χ2v) is 9.58. The molecule has 1 heterocycles. The molecule has 2 aromatic carbocycles. The molecule has 26 heavy (non-hydrogen) atoms. The quantitative estimate of drug-likeness (QED) is 0.735. The molecule has 7 heteroatoms. The van der Waals surface area contributed by atoms with Crippen LogP contribution in [-0.4, -0.2) is 31.7 Å². The van der Waals surface area contributed by atoms with Crippen LogP contribution >= 0.6 is 15.9 Å². The zero-order valence-electron chi connectivity index (χ0n) is 14.9. The van der Waals surface area contributed by atoms with Crippen molar-refractivity contribution in [1.82, 2.24) is 4.31 Å². The molecule has 0 fully saturated rings. The number of hydrogen-bond donors (Lipinski definition) is 0. The molecule has 3 rings (SSSR count). The Bertz CT molecular complexity index is 942. The zero-order chi connectivity index (χ0) is 19.1. The smallest absolute Gasteiger partial charge is 0.243 e. The van der Waals surface area contributed by atoms with Crippen molar-refractivity contribution in [3.05, 3.63) is 58.1 Å². The first kappa shape index (κ1) is 19.1. The number of anilines is 1. The van der Waals surface area contributed by atoms with Crippen LogP contribution in [-0.2, 0) is 27.8 Å². The van der Waals surface area contributed by atoms with Crippen LogP contribution in [0.1, 0.15) is 25.0 Å². The summed E-state index contributed by atoms with van der Waals surface area (Å²) in [5, 5.41) is 0. The summed E-state index contributed by atoms with van der Waals surface area (Å²) >= 11 is 3.38. The molecule has 5 nitrogen and oxygen atoms in total. The van der Waals surface area contributed by atoms with Crippen molar-refractivity contribution in [1.29, 1.82) is 0 Å². The number of benzene rings is 2. The topological polar surface area (TPSA) is 57.7 Å². The summed E-state index contributed by atoms with van der Waals surface area (Å²) in [6.07, 6.45) is 0.661. The van der Waals surface area contributed by atoms with E-state index in [2.05, 4.69) is 15.9 Å². The van der Waals surface area contributed by atoms with E-state index in [1.165, 1.54) is 11.2 Å². The minimum absolute atomic E-state index is 0.0285. The lowest BCUT2D eigenvalue weighted by atomic mass is 10.1. The van der Waals surface area contributed by atoms with Gasteiger partial charge in [0.2, 0.25) is 15.9 Å². The van der Waals surface area contributed by atoms with E-state index in [1.807, 2.05) is 31.2 Å². The predicted molar refractivity (Wildman–Crippen MR) is 106 cm³/mol. The summed E-state index contributed by atoms with van der Waals surface area (Å²) in [6.45, 7) is 3.79. The minimum Gasteiger partial charge on any atom is -0.309 e. The van der Waals surface area contributed by atoms with E-state index >= 15 is 0 Å². The predicted octanol–water partition coefficient (Wildman–Crippen LogP) is 3.57. The Balaban J connectivity index is 1.87. The van der Waals surface area contributed by atoms with E-state index < -0.39 is 10.0 Å². The number of carbonyl (C=O) groups is 1. The third-order valence-corrected chi connectivity index (χ3v) is 6.96. The molecule has 1 unspecified atom stereocenters. The zero-order valence-corrected chi connectivity index (χ0v) is 17.3. The summed E-state index contributed by atoms with van der Waals surface area (Å²) in [5.74, 6) is -0.0285. The molecule has 2 aromatic rings. The van der Waals surface area contributed by atoms with Gasteiger partial charge in [-0.3, -0.25) is 4.79 Å². The third kappa shape index (κ3) is 3.56. The average Bonchev–Trinajstić information content (AvgIpc) is 2.91. The number of hydrogen-bond acceptors (Lipinski definition) is 3. The Morgan fingerprint density at radius 1 is 1.23 bits per heavy atom. The van der Waals surface area contributed by atoms with E-state index in [4.69, 9.17) is 0 Å². The molecule has 138 valence electrons. The fraction of sp³-hybridized carbons (Fsp3) is 0.316. The average molecular weight is 437 g/mol. The van der Waals surface area contributed by atoms with Crippen LogP contribution in [0, 0.1) is 0 Å². The SMILES string of the molecule is CC(=O)N1c2ccc(S(=O)(=O)N(C)Cc3ccc(Br)cc3)cc2CC1C. The second kappa shape index (κ2) is 7.13. The van der Waals surface area contributed by atoms with E-state index in [0.717, 1.165) is 21.3 Å². The van der Waals surface area contributed by atoms with Gasteiger partial charge in [0.1, 0.15) is 0 Å². The Morgan fingerprint density at radius 2 is 1.88 bits per heavy atom. The lowest BCUT2D eigenvalue weighted by Gasteiger charge is -2.21. The van der Waals surface area contributed by atoms with Gasteiger partial charge in [-0.15, -0.1) is 0 Å². The molecule has 1 amide bonds. The lowest BCUT2D eigenvalue weighted by Crippen LogP contribution is -2.33. The maximum Gasteiger partial charge on any atom is 0.243 e. The van der Waals surface area contributed by atoms with E-state index in [0.29, 0.717) is 13.0 Å². The highest BCUT2D eigenvalue weighted by Crippen LogP contribution is 2.34. The molecular weight excluding hydrogens is 416 g/mol. The highest BCUT2D eigenvalue weighted by Gasteiger charge is 2.31. The van der Waals surface area contributed by atoms with Crippen LogP contribution in [0.15, 0.2) is 51.8 Å². The van der Waals surface area contributed by atoms with Gasteiger partial charge in [0.05, 0.1) is 4.90 Å². The summed E-state index contributed by atoms with van der Waals surface area (Å²) in [6, 6.07) is 12.6. The number of rotatable bonds is 4. The van der Waals surface area contributed by atoms with Crippen molar-refractivity contribution in [2.75, 3.05) is 11.9 Å². The van der Waals surface area contributed by atoms with Crippen molar-refractivity contribution in [2.45, 2.75) is 37.8 Å². The maximum atomic E-state index is 12.9. The molecule has 0 radical (unpaired) electrons. The fourth-order valence-electron chi connectivity index (χ4n) is 3.36. The Morgan fingerprint density at radius 3 is 2.50 bits per heavy atom. The van der Waals surface area contributed by atoms with Crippen LogP contribution in [0.25, 0.3) is 0 Å². The molecule has 1 aliphatic heterocycles. The monoisotopic (exact) mass is 436 g/mol. The van der Waals surface area contributed by atoms with Crippen molar-refractivity contribution >= 4 is 37.5 Å². The number of amides is 1. The third-order valence-electron chi connectivity index (χ3n) is 4.63. The highest BCUT2D eigenvalue weighted by molar-refractivity contribution is 9.10. The standard InChI is InChI=1S/C19H21BrN2O3S/c1-13-10-16-11-18(8-9-19(16)22(13)14(2)23)26(24,25)21(3)12-15-4-6-17(20)7-5-15/h4-9,11,13H,10,12H2,1-3H3. The first-order valence-electron chi connectivity index (χ1n) is 8.33. The molecule has 0 spiro atoms. The first-order valence-corrected chi connectivity index (χ1v) is 10.6. The van der Waals surface area contributed by atoms with Gasteiger partial charge in [-0.25, -0.2) is 8.42 Å². The number of nitrogens with zero attached hydrogens (tertiary/aromatic N) is 2. The summed E-state index contributed by atoms with van der Waals surface area (Å²) in [7, 11) is -2.03. The number of halogens is 1. The van der Waals surface area contributed by atoms with Crippen LogP contribution < -0.4 is 4.90 Å². The van der Waals surface area contributed by atoms with E-state index in [-0.39, 0.29) is 16.8 Å². The number of carbonyl (C=O) groups excluding carboxylic acids is 1.